The van der Waals surface area contributed by atoms with Gasteiger partial charge in [-0.1, -0.05) is 63.3 Å². The second kappa shape index (κ2) is 11.2. The van der Waals surface area contributed by atoms with Crippen molar-refractivity contribution in [3.05, 3.63) is 45.5 Å². The molecule has 136 valence electrons. The van der Waals surface area contributed by atoms with Crippen molar-refractivity contribution in [2.75, 3.05) is 13.2 Å². The lowest BCUT2D eigenvalue weighted by molar-refractivity contribution is -0.578. The van der Waals surface area contributed by atoms with Crippen molar-refractivity contribution in [3.63, 3.8) is 0 Å². The minimum atomic E-state index is -1.65. The molecule has 0 amide bonds. The molecule has 1 rings (SSSR count). The summed E-state index contributed by atoms with van der Waals surface area (Å²) in [5.74, 6) is 0. The maximum absolute atomic E-state index is 11.2. The molecule has 0 saturated heterocycles. The molecule has 0 spiro atoms. The van der Waals surface area contributed by atoms with E-state index in [1.165, 1.54) is 37.7 Å². The Bertz CT molecular complexity index is 486. The van der Waals surface area contributed by atoms with Gasteiger partial charge in [-0.15, -0.1) is 0 Å². The Balaban J connectivity index is 2.58. The number of nitro groups is 1. The first kappa shape index (κ1) is 20.6. The van der Waals surface area contributed by atoms with Gasteiger partial charge in [-0.2, -0.15) is 0 Å². The number of hydrogen-bond acceptors (Lipinski definition) is 4. The Morgan fingerprint density at radius 3 is 2.04 bits per heavy atom. The van der Waals surface area contributed by atoms with Crippen LogP contribution in [0.2, 0.25) is 0 Å². The van der Waals surface area contributed by atoms with Gasteiger partial charge in [0.15, 0.2) is 0 Å². The quantitative estimate of drug-likeness (QED) is 0.328. The van der Waals surface area contributed by atoms with E-state index in [1.807, 2.05) is 18.2 Å². The van der Waals surface area contributed by atoms with E-state index in [1.54, 1.807) is 0 Å². The summed E-state index contributed by atoms with van der Waals surface area (Å²) in [5, 5.41) is 29.8. The fourth-order valence-corrected chi connectivity index (χ4v) is 2.92. The highest BCUT2D eigenvalue weighted by atomic mass is 16.6. The zero-order valence-electron chi connectivity index (χ0n) is 14.7. The molecule has 0 fully saturated rings. The van der Waals surface area contributed by atoms with Gasteiger partial charge in [0.1, 0.15) is 13.2 Å². The van der Waals surface area contributed by atoms with Gasteiger partial charge in [0.05, 0.1) is 0 Å². The summed E-state index contributed by atoms with van der Waals surface area (Å²) < 4.78 is 0. The Morgan fingerprint density at radius 2 is 1.50 bits per heavy atom. The number of benzene rings is 1. The number of rotatable bonds is 13. The Morgan fingerprint density at radius 1 is 0.958 bits per heavy atom. The summed E-state index contributed by atoms with van der Waals surface area (Å²) in [6.45, 7) is 0.923. The normalized spacial score (nSPS) is 11.6. The van der Waals surface area contributed by atoms with Crippen LogP contribution in [0.4, 0.5) is 0 Å². The fourth-order valence-electron chi connectivity index (χ4n) is 2.92. The molecule has 0 aromatic heterocycles. The molecule has 0 aliphatic heterocycles. The van der Waals surface area contributed by atoms with Gasteiger partial charge in [0.2, 0.25) is 0 Å². The lowest BCUT2D eigenvalue weighted by Crippen LogP contribution is -2.46. The number of aryl methyl sites for hydroxylation is 2. The summed E-state index contributed by atoms with van der Waals surface area (Å²) in [7, 11) is 0. The second-order valence-electron chi connectivity index (χ2n) is 6.58. The van der Waals surface area contributed by atoms with E-state index in [2.05, 4.69) is 13.0 Å². The van der Waals surface area contributed by atoms with E-state index in [0.717, 1.165) is 18.4 Å². The van der Waals surface area contributed by atoms with Crippen LogP contribution in [0.3, 0.4) is 0 Å². The highest BCUT2D eigenvalue weighted by molar-refractivity contribution is 5.27. The van der Waals surface area contributed by atoms with E-state index in [9.17, 15) is 20.3 Å². The first-order valence-corrected chi connectivity index (χ1v) is 9.02. The monoisotopic (exact) mass is 337 g/mol. The Kier molecular flexibility index (Phi) is 9.57. The third-order valence-electron chi connectivity index (χ3n) is 4.75. The number of hydrogen-bond donors (Lipinski definition) is 2. The molecule has 5 heteroatoms. The Hall–Kier alpha value is -1.46. The predicted molar refractivity (Wildman–Crippen MR) is 95.7 cm³/mol. The van der Waals surface area contributed by atoms with Gasteiger partial charge in [0, 0.05) is 11.3 Å². The fraction of sp³-hybridized carbons (Fsp3) is 0.684. The van der Waals surface area contributed by atoms with Crippen molar-refractivity contribution in [1.82, 2.24) is 0 Å². The summed E-state index contributed by atoms with van der Waals surface area (Å²) >= 11 is 0. The smallest absolute Gasteiger partial charge is 0.267 e. The van der Waals surface area contributed by atoms with Crippen LogP contribution < -0.4 is 0 Å². The van der Waals surface area contributed by atoms with Crippen molar-refractivity contribution >= 4 is 0 Å². The van der Waals surface area contributed by atoms with Crippen molar-refractivity contribution < 1.29 is 15.1 Å². The third-order valence-corrected chi connectivity index (χ3v) is 4.75. The number of unbranched alkanes of at least 4 members (excludes halogenated alkanes) is 5. The predicted octanol–water partition coefficient (Wildman–Crippen LogP) is 3.52. The second-order valence-corrected chi connectivity index (χ2v) is 6.58. The van der Waals surface area contributed by atoms with Crippen LogP contribution >= 0.6 is 0 Å². The van der Waals surface area contributed by atoms with Crippen LogP contribution in [0.15, 0.2) is 24.3 Å². The van der Waals surface area contributed by atoms with Gasteiger partial charge >= 0.3 is 0 Å². The third kappa shape index (κ3) is 6.21. The molecule has 0 bridgehead atoms. The summed E-state index contributed by atoms with van der Waals surface area (Å²) in [5.41, 5.74) is 0.660. The zero-order valence-corrected chi connectivity index (χ0v) is 14.7. The average molecular weight is 337 g/mol. The SMILES string of the molecule is CCCCCCCCc1ccccc1CCC(CO)(CO)[N+](=O)[O-]. The molecule has 0 radical (unpaired) electrons. The van der Waals surface area contributed by atoms with Gasteiger partial charge < -0.3 is 10.2 Å². The van der Waals surface area contributed by atoms with Crippen molar-refractivity contribution in [1.29, 1.82) is 0 Å². The molecule has 1 aromatic rings. The van der Waals surface area contributed by atoms with Crippen LogP contribution in [0, 0.1) is 10.1 Å². The molecule has 0 heterocycles. The number of aliphatic hydroxyl groups excluding tert-OH is 2. The standard InChI is InChI=1S/C19H31NO4/c1-2-3-4-5-6-7-10-17-11-8-9-12-18(17)13-14-19(15-21,16-22)20(23)24/h8-9,11-12,21-22H,2-7,10,13-16H2,1H3. The van der Waals surface area contributed by atoms with E-state index in [-0.39, 0.29) is 6.42 Å². The van der Waals surface area contributed by atoms with Crippen molar-refractivity contribution in [2.45, 2.75) is 70.3 Å². The van der Waals surface area contributed by atoms with Crippen LogP contribution in [0.1, 0.15) is 63.0 Å². The molecule has 24 heavy (non-hydrogen) atoms. The van der Waals surface area contributed by atoms with Gasteiger partial charge in [-0.25, -0.2) is 0 Å². The number of nitrogens with zero attached hydrogens (tertiary/aromatic N) is 1. The summed E-state index contributed by atoms with van der Waals surface area (Å²) in [4.78, 5) is 10.6. The summed E-state index contributed by atoms with van der Waals surface area (Å²) in [6, 6.07) is 8.00. The van der Waals surface area contributed by atoms with Gasteiger partial charge in [-0.3, -0.25) is 10.1 Å². The topological polar surface area (TPSA) is 83.6 Å². The maximum atomic E-state index is 11.2. The van der Waals surface area contributed by atoms with Gasteiger partial charge in [0.25, 0.3) is 5.54 Å². The first-order valence-electron chi connectivity index (χ1n) is 9.02. The number of aliphatic hydroxyl groups is 2. The maximum Gasteiger partial charge on any atom is 0.267 e. The van der Waals surface area contributed by atoms with Crippen LogP contribution in [0.25, 0.3) is 0 Å². The molecule has 0 aliphatic carbocycles. The molecule has 0 atom stereocenters. The zero-order chi connectivity index (χ0) is 17.8. The summed E-state index contributed by atoms with van der Waals surface area (Å²) in [6.07, 6.45) is 9.03. The molecule has 0 unspecified atom stereocenters. The Labute approximate surface area is 144 Å². The minimum Gasteiger partial charge on any atom is -0.389 e. The molecule has 2 N–H and O–H groups in total. The molecular formula is C19H31NO4. The molecule has 0 aliphatic rings. The molecular weight excluding hydrogens is 306 g/mol. The van der Waals surface area contributed by atoms with Crippen molar-refractivity contribution in [3.8, 4) is 0 Å². The average Bonchev–Trinajstić information content (AvgIpc) is 2.60. The van der Waals surface area contributed by atoms with E-state index >= 15 is 0 Å². The highest BCUT2D eigenvalue weighted by Crippen LogP contribution is 2.21. The van der Waals surface area contributed by atoms with Crippen molar-refractivity contribution in [2.24, 2.45) is 0 Å². The van der Waals surface area contributed by atoms with E-state index in [4.69, 9.17) is 0 Å². The van der Waals surface area contributed by atoms with Crippen LogP contribution in [-0.4, -0.2) is 33.9 Å². The van der Waals surface area contributed by atoms with E-state index < -0.39 is 23.7 Å². The largest absolute Gasteiger partial charge is 0.389 e. The van der Waals surface area contributed by atoms with Crippen LogP contribution in [-0.2, 0) is 12.8 Å². The molecule has 5 nitrogen and oxygen atoms in total. The highest BCUT2D eigenvalue weighted by Gasteiger charge is 2.41. The lowest BCUT2D eigenvalue weighted by Gasteiger charge is -2.21. The van der Waals surface area contributed by atoms with Gasteiger partial charge in [-0.05, 0) is 30.4 Å². The first-order chi connectivity index (χ1) is 11.6. The molecule has 0 saturated carbocycles. The van der Waals surface area contributed by atoms with Crippen LogP contribution in [0.5, 0.6) is 0 Å². The van der Waals surface area contributed by atoms with E-state index in [0.29, 0.717) is 6.42 Å². The molecule has 1 aromatic carbocycles. The lowest BCUT2D eigenvalue weighted by atomic mass is 9.90. The minimum absolute atomic E-state index is 0.139.